The fourth-order valence-corrected chi connectivity index (χ4v) is 1.51. The summed E-state index contributed by atoms with van der Waals surface area (Å²) in [6.45, 7) is 0.239. The number of rotatable bonds is 3. The molecule has 5 nitrogen and oxygen atoms in total. The van der Waals surface area contributed by atoms with Gasteiger partial charge in [0, 0.05) is 6.07 Å². The molecule has 0 aliphatic rings. The highest BCUT2D eigenvalue weighted by Gasteiger charge is 2.35. The molecule has 0 unspecified atom stereocenters. The molecule has 0 spiro atoms. The summed E-state index contributed by atoms with van der Waals surface area (Å²) in [5.41, 5.74) is 0.573. The second-order valence-corrected chi connectivity index (χ2v) is 3.73. The molecule has 2 heterocycles. The second-order valence-electron chi connectivity index (χ2n) is 2.75. The number of nitrogens with one attached hydrogen (secondary N) is 1. The smallest absolute Gasteiger partial charge is 0.364 e. The van der Waals surface area contributed by atoms with E-state index in [-0.39, 0.29) is 11.7 Å². The zero-order valence-electron chi connectivity index (χ0n) is 7.65. The first-order valence-corrected chi connectivity index (χ1v) is 4.91. The van der Waals surface area contributed by atoms with E-state index >= 15 is 0 Å². The van der Waals surface area contributed by atoms with E-state index in [9.17, 15) is 13.2 Å². The highest BCUT2D eigenvalue weighted by molar-refractivity contribution is 7.15. The maximum Gasteiger partial charge on any atom is 0.445 e. The summed E-state index contributed by atoms with van der Waals surface area (Å²) in [6.07, 6.45) is -3.08. The molecule has 0 saturated heterocycles. The molecule has 2 aromatic rings. The highest BCUT2D eigenvalue weighted by atomic mass is 32.1. The Hall–Kier alpha value is -1.64. The Balaban J connectivity index is 1.98. The van der Waals surface area contributed by atoms with Crippen LogP contribution >= 0.6 is 11.3 Å². The molecule has 16 heavy (non-hydrogen) atoms. The molecule has 0 aliphatic heterocycles. The minimum absolute atomic E-state index is 0.0929. The standard InChI is InChI=1S/C7H5F3N4OS/c8-7(9,10)5-12-13-6(16-5)11-3-4-1-2-15-14-4/h1-2H,3H2,(H,11,13). The predicted molar refractivity (Wildman–Crippen MR) is 48.7 cm³/mol. The Morgan fingerprint density at radius 3 is 2.75 bits per heavy atom. The number of halogens is 3. The van der Waals surface area contributed by atoms with Crippen molar-refractivity contribution in [3.05, 3.63) is 23.0 Å². The van der Waals surface area contributed by atoms with Gasteiger partial charge in [-0.1, -0.05) is 16.5 Å². The van der Waals surface area contributed by atoms with E-state index < -0.39 is 11.2 Å². The monoisotopic (exact) mass is 250 g/mol. The molecule has 0 fully saturated rings. The SMILES string of the molecule is FC(F)(F)c1nnc(NCc2ccon2)s1. The first-order chi connectivity index (χ1) is 7.55. The number of hydrogen-bond acceptors (Lipinski definition) is 6. The van der Waals surface area contributed by atoms with Gasteiger partial charge in [0.1, 0.15) is 12.0 Å². The molecular weight excluding hydrogens is 245 g/mol. The van der Waals surface area contributed by atoms with E-state index in [4.69, 9.17) is 0 Å². The Kier molecular flexibility index (Phi) is 2.77. The van der Waals surface area contributed by atoms with E-state index in [0.29, 0.717) is 17.0 Å². The average Bonchev–Trinajstić information content (AvgIpc) is 2.85. The zero-order valence-corrected chi connectivity index (χ0v) is 8.47. The van der Waals surface area contributed by atoms with Gasteiger partial charge in [-0.3, -0.25) is 0 Å². The molecule has 0 amide bonds. The van der Waals surface area contributed by atoms with E-state index in [1.54, 1.807) is 6.07 Å². The summed E-state index contributed by atoms with van der Waals surface area (Å²) in [6, 6.07) is 1.60. The van der Waals surface area contributed by atoms with Gasteiger partial charge in [-0.2, -0.15) is 13.2 Å². The van der Waals surface area contributed by atoms with E-state index in [1.165, 1.54) is 6.26 Å². The molecule has 2 aromatic heterocycles. The van der Waals surface area contributed by atoms with Crippen molar-refractivity contribution in [1.29, 1.82) is 0 Å². The molecule has 0 saturated carbocycles. The van der Waals surface area contributed by atoms with Crippen LogP contribution in [0.15, 0.2) is 16.9 Å². The maximum absolute atomic E-state index is 12.2. The lowest BCUT2D eigenvalue weighted by Crippen LogP contribution is -2.03. The van der Waals surface area contributed by atoms with Gasteiger partial charge in [0.2, 0.25) is 10.1 Å². The third-order valence-corrected chi connectivity index (χ3v) is 2.51. The predicted octanol–water partition coefficient (Wildman–Crippen LogP) is 2.16. The number of nitrogens with zero attached hydrogens (tertiary/aromatic N) is 3. The third-order valence-electron chi connectivity index (χ3n) is 1.58. The van der Waals surface area contributed by atoms with Crippen LogP contribution < -0.4 is 5.32 Å². The maximum atomic E-state index is 12.2. The summed E-state index contributed by atoms with van der Waals surface area (Å²) in [5.74, 6) is 0. The summed E-state index contributed by atoms with van der Waals surface area (Å²) in [5, 5.41) is 11.7. The Labute approximate surface area is 91.3 Å². The molecule has 0 aliphatic carbocycles. The molecular formula is C7H5F3N4OS. The minimum Gasteiger partial charge on any atom is -0.364 e. The first kappa shape index (κ1) is 10.9. The number of hydrogen-bond donors (Lipinski definition) is 1. The fraction of sp³-hybridized carbons (Fsp3) is 0.286. The molecule has 0 aromatic carbocycles. The van der Waals surface area contributed by atoms with Crippen LogP contribution in [-0.4, -0.2) is 15.4 Å². The summed E-state index contributed by atoms with van der Waals surface area (Å²) in [7, 11) is 0. The van der Waals surface area contributed by atoms with Gasteiger partial charge < -0.3 is 9.84 Å². The van der Waals surface area contributed by atoms with Crippen LogP contribution in [0, 0.1) is 0 Å². The molecule has 1 N–H and O–H groups in total. The number of alkyl halides is 3. The molecule has 9 heteroatoms. The molecule has 86 valence electrons. The van der Waals surface area contributed by atoms with Crippen LogP contribution in [0.25, 0.3) is 0 Å². The van der Waals surface area contributed by atoms with Crippen molar-refractivity contribution < 1.29 is 17.7 Å². The second kappa shape index (κ2) is 4.08. The van der Waals surface area contributed by atoms with Crippen LogP contribution in [0.3, 0.4) is 0 Å². The van der Waals surface area contributed by atoms with Crippen molar-refractivity contribution in [3.63, 3.8) is 0 Å². The highest BCUT2D eigenvalue weighted by Crippen LogP contribution is 2.32. The zero-order chi connectivity index (χ0) is 11.6. The molecule has 0 bridgehead atoms. The number of aromatic nitrogens is 3. The van der Waals surface area contributed by atoms with Crippen LogP contribution in [0.4, 0.5) is 18.3 Å². The van der Waals surface area contributed by atoms with Crippen molar-refractivity contribution in [2.45, 2.75) is 12.7 Å². The molecule has 0 atom stereocenters. The Bertz CT molecular complexity index is 452. The van der Waals surface area contributed by atoms with Gasteiger partial charge in [-0.15, -0.1) is 10.2 Å². The van der Waals surface area contributed by atoms with Crippen molar-refractivity contribution in [1.82, 2.24) is 15.4 Å². The average molecular weight is 250 g/mol. The fourth-order valence-electron chi connectivity index (χ4n) is 0.904. The topological polar surface area (TPSA) is 63.8 Å². The van der Waals surface area contributed by atoms with Crippen LogP contribution in [0.5, 0.6) is 0 Å². The van der Waals surface area contributed by atoms with Gasteiger partial charge in [-0.25, -0.2) is 0 Å². The van der Waals surface area contributed by atoms with Crippen molar-refractivity contribution in [3.8, 4) is 0 Å². The van der Waals surface area contributed by atoms with E-state index in [0.717, 1.165) is 0 Å². The lowest BCUT2D eigenvalue weighted by Gasteiger charge is -1.98. The third kappa shape index (κ3) is 2.48. The van der Waals surface area contributed by atoms with E-state index in [2.05, 4.69) is 25.2 Å². The first-order valence-electron chi connectivity index (χ1n) is 4.09. The van der Waals surface area contributed by atoms with Crippen molar-refractivity contribution >= 4 is 16.5 Å². The molecule has 0 radical (unpaired) electrons. The largest absolute Gasteiger partial charge is 0.445 e. The lowest BCUT2D eigenvalue weighted by atomic mass is 10.4. The van der Waals surface area contributed by atoms with Crippen molar-refractivity contribution in [2.75, 3.05) is 5.32 Å². The van der Waals surface area contributed by atoms with Gasteiger partial charge in [0.25, 0.3) is 0 Å². The molecule has 2 rings (SSSR count). The van der Waals surface area contributed by atoms with Gasteiger partial charge in [0.15, 0.2) is 0 Å². The Morgan fingerprint density at radius 1 is 1.38 bits per heavy atom. The summed E-state index contributed by atoms with van der Waals surface area (Å²) in [4.78, 5) is 0. The van der Waals surface area contributed by atoms with Gasteiger partial charge in [0.05, 0.1) is 6.54 Å². The van der Waals surface area contributed by atoms with Gasteiger partial charge >= 0.3 is 6.18 Å². The van der Waals surface area contributed by atoms with Crippen LogP contribution in [0.1, 0.15) is 10.7 Å². The van der Waals surface area contributed by atoms with Crippen LogP contribution in [-0.2, 0) is 12.7 Å². The van der Waals surface area contributed by atoms with Crippen molar-refractivity contribution in [2.24, 2.45) is 0 Å². The summed E-state index contributed by atoms with van der Waals surface area (Å²) < 4.78 is 41.1. The number of anilines is 1. The quantitative estimate of drug-likeness (QED) is 0.904. The van der Waals surface area contributed by atoms with Gasteiger partial charge in [-0.05, 0) is 0 Å². The summed E-state index contributed by atoms with van der Waals surface area (Å²) >= 11 is 0.445. The van der Waals surface area contributed by atoms with E-state index in [1.807, 2.05) is 0 Å². The Morgan fingerprint density at radius 2 is 2.19 bits per heavy atom. The minimum atomic E-state index is -4.45. The van der Waals surface area contributed by atoms with Crippen LogP contribution in [0.2, 0.25) is 0 Å². The normalized spacial score (nSPS) is 11.7. The lowest BCUT2D eigenvalue weighted by molar-refractivity contribution is -0.138.